The van der Waals surface area contributed by atoms with Gasteiger partial charge in [-0.15, -0.1) is 0 Å². The molecule has 0 spiro atoms. The van der Waals surface area contributed by atoms with Crippen molar-refractivity contribution in [1.29, 1.82) is 5.26 Å². The SMILES string of the molecule is CCOC(=O)Cc1c(OC)ccc(C(F)(F)F)c1C#N. The number of hydrogen-bond donors (Lipinski definition) is 0. The molecule has 4 nitrogen and oxygen atoms in total. The van der Waals surface area contributed by atoms with Gasteiger partial charge in [0.2, 0.25) is 0 Å². The normalized spacial score (nSPS) is 10.8. The molecular formula is C13H12F3NO3. The van der Waals surface area contributed by atoms with Gasteiger partial charge in [0.1, 0.15) is 11.8 Å². The molecule has 0 aliphatic rings. The molecule has 1 aromatic rings. The highest BCUT2D eigenvalue weighted by molar-refractivity contribution is 5.75. The van der Waals surface area contributed by atoms with Crippen molar-refractivity contribution in [1.82, 2.24) is 0 Å². The average Bonchev–Trinajstić information content (AvgIpc) is 2.37. The van der Waals surface area contributed by atoms with Gasteiger partial charge in [0.25, 0.3) is 0 Å². The van der Waals surface area contributed by atoms with E-state index >= 15 is 0 Å². The number of nitriles is 1. The van der Waals surface area contributed by atoms with E-state index in [1.54, 1.807) is 6.92 Å². The van der Waals surface area contributed by atoms with Gasteiger partial charge in [-0.3, -0.25) is 4.79 Å². The Bertz CT molecular complexity index is 547. The summed E-state index contributed by atoms with van der Waals surface area (Å²) in [5, 5.41) is 8.97. The van der Waals surface area contributed by atoms with Gasteiger partial charge in [0, 0.05) is 5.56 Å². The van der Waals surface area contributed by atoms with Gasteiger partial charge in [0.15, 0.2) is 0 Å². The summed E-state index contributed by atoms with van der Waals surface area (Å²) >= 11 is 0. The molecule has 0 amide bonds. The molecule has 1 rings (SSSR count). The molecule has 0 unspecified atom stereocenters. The largest absolute Gasteiger partial charge is 0.496 e. The lowest BCUT2D eigenvalue weighted by atomic mass is 9.98. The topological polar surface area (TPSA) is 59.3 Å². The third-order valence-corrected chi connectivity index (χ3v) is 2.53. The van der Waals surface area contributed by atoms with Crippen LogP contribution < -0.4 is 4.74 Å². The van der Waals surface area contributed by atoms with E-state index in [1.165, 1.54) is 13.2 Å². The van der Waals surface area contributed by atoms with Crippen LogP contribution in [0.25, 0.3) is 0 Å². The van der Waals surface area contributed by atoms with Gasteiger partial charge in [-0.25, -0.2) is 0 Å². The van der Waals surface area contributed by atoms with Crippen molar-refractivity contribution in [3.05, 3.63) is 28.8 Å². The third-order valence-electron chi connectivity index (χ3n) is 2.53. The number of alkyl halides is 3. The van der Waals surface area contributed by atoms with Gasteiger partial charge in [-0.05, 0) is 19.1 Å². The van der Waals surface area contributed by atoms with E-state index < -0.39 is 29.7 Å². The highest BCUT2D eigenvalue weighted by atomic mass is 19.4. The highest BCUT2D eigenvalue weighted by Crippen LogP contribution is 2.36. The van der Waals surface area contributed by atoms with Gasteiger partial charge >= 0.3 is 12.1 Å². The number of halogens is 3. The minimum absolute atomic E-state index is 0.0441. The van der Waals surface area contributed by atoms with Crippen LogP contribution in [0.1, 0.15) is 23.6 Å². The maximum Gasteiger partial charge on any atom is 0.417 e. The summed E-state index contributed by atoms with van der Waals surface area (Å²) in [6, 6.07) is 3.32. The van der Waals surface area contributed by atoms with Gasteiger partial charge < -0.3 is 9.47 Å². The summed E-state index contributed by atoms with van der Waals surface area (Å²) in [4.78, 5) is 11.4. The fourth-order valence-electron chi connectivity index (χ4n) is 1.72. The zero-order valence-corrected chi connectivity index (χ0v) is 10.9. The van der Waals surface area contributed by atoms with E-state index in [4.69, 9.17) is 10.00 Å². The van der Waals surface area contributed by atoms with Crippen LogP contribution in [0.3, 0.4) is 0 Å². The van der Waals surface area contributed by atoms with Crippen LogP contribution in [0.2, 0.25) is 0 Å². The molecular weight excluding hydrogens is 275 g/mol. The van der Waals surface area contributed by atoms with Gasteiger partial charge in [-0.2, -0.15) is 18.4 Å². The van der Waals surface area contributed by atoms with Crippen molar-refractivity contribution in [3.8, 4) is 11.8 Å². The lowest BCUT2D eigenvalue weighted by Crippen LogP contribution is -2.14. The minimum Gasteiger partial charge on any atom is -0.496 e. The third kappa shape index (κ3) is 3.41. The minimum atomic E-state index is -4.68. The molecule has 0 saturated heterocycles. The summed E-state index contributed by atoms with van der Waals surface area (Å²) in [6.07, 6.45) is -5.13. The highest BCUT2D eigenvalue weighted by Gasteiger charge is 2.35. The Morgan fingerprint density at radius 1 is 1.40 bits per heavy atom. The number of carbonyl (C=O) groups is 1. The average molecular weight is 287 g/mol. The number of benzene rings is 1. The summed E-state index contributed by atoms with van der Waals surface area (Å²) in [7, 11) is 1.25. The Labute approximate surface area is 113 Å². The second-order valence-corrected chi connectivity index (χ2v) is 3.76. The van der Waals surface area contributed by atoms with Crippen molar-refractivity contribution in [2.75, 3.05) is 13.7 Å². The molecule has 0 atom stereocenters. The fourth-order valence-corrected chi connectivity index (χ4v) is 1.72. The van der Waals surface area contributed by atoms with E-state index in [0.717, 1.165) is 12.1 Å². The molecule has 0 bridgehead atoms. The first kappa shape index (κ1) is 15.8. The lowest BCUT2D eigenvalue weighted by Gasteiger charge is -2.15. The Kier molecular flexibility index (Phi) is 4.97. The van der Waals surface area contributed by atoms with Crippen molar-refractivity contribution < 1.29 is 27.4 Å². The first-order chi connectivity index (χ1) is 9.35. The molecule has 1 aromatic carbocycles. The number of carbonyl (C=O) groups excluding carboxylic acids is 1. The Morgan fingerprint density at radius 2 is 2.05 bits per heavy atom. The number of rotatable bonds is 4. The predicted molar refractivity (Wildman–Crippen MR) is 63.0 cm³/mol. The fraction of sp³-hybridized carbons (Fsp3) is 0.385. The van der Waals surface area contributed by atoms with E-state index in [2.05, 4.69) is 4.74 Å². The first-order valence-electron chi connectivity index (χ1n) is 5.67. The van der Waals surface area contributed by atoms with Crippen molar-refractivity contribution in [2.24, 2.45) is 0 Å². The number of nitrogens with zero attached hydrogens (tertiary/aromatic N) is 1. The van der Waals surface area contributed by atoms with Crippen molar-refractivity contribution in [3.63, 3.8) is 0 Å². The summed E-state index contributed by atoms with van der Waals surface area (Å²) in [6.45, 7) is 1.68. The molecule has 0 fully saturated rings. The summed E-state index contributed by atoms with van der Waals surface area (Å²) < 4.78 is 48.1. The van der Waals surface area contributed by atoms with Crippen molar-refractivity contribution in [2.45, 2.75) is 19.5 Å². The van der Waals surface area contributed by atoms with Crippen LogP contribution in [0.15, 0.2) is 12.1 Å². The van der Waals surface area contributed by atoms with Crippen LogP contribution in [-0.4, -0.2) is 19.7 Å². The van der Waals surface area contributed by atoms with Crippen LogP contribution in [0.5, 0.6) is 5.75 Å². The van der Waals surface area contributed by atoms with E-state index in [9.17, 15) is 18.0 Å². The van der Waals surface area contributed by atoms with Crippen molar-refractivity contribution >= 4 is 5.97 Å². The molecule has 0 N–H and O–H groups in total. The molecule has 0 aromatic heterocycles. The monoisotopic (exact) mass is 287 g/mol. The Balaban J connectivity index is 3.38. The molecule has 20 heavy (non-hydrogen) atoms. The molecule has 0 aliphatic heterocycles. The zero-order chi connectivity index (χ0) is 15.3. The van der Waals surface area contributed by atoms with E-state index in [0.29, 0.717) is 0 Å². The first-order valence-corrected chi connectivity index (χ1v) is 5.67. The summed E-state index contributed by atoms with van der Waals surface area (Å²) in [5.74, 6) is -0.677. The van der Waals surface area contributed by atoms with Crippen LogP contribution in [0, 0.1) is 11.3 Å². The molecule has 108 valence electrons. The summed E-state index contributed by atoms with van der Waals surface area (Å²) in [5.41, 5.74) is -1.84. The maximum absolute atomic E-state index is 12.8. The number of ether oxygens (including phenoxy) is 2. The number of esters is 1. The standard InChI is InChI=1S/C13H12F3NO3/c1-3-20-12(18)6-8-9(7-17)10(13(14,15)16)4-5-11(8)19-2/h4-5H,3,6H2,1-2H3. The lowest BCUT2D eigenvalue weighted by molar-refractivity contribution is -0.142. The van der Waals surface area contributed by atoms with Crippen LogP contribution >= 0.6 is 0 Å². The van der Waals surface area contributed by atoms with Crippen LogP contribution in [0.4, 0.5) is 13.2 Å². The zero-order valence-electron chi connectivity index (χ0n) is 10.9. The second-order valence-electron chi connectivity index (χ2n) is 3.76. The molecule has 0 radical (unpaired) electrons. The van der Waals surface area contributed by atoms with Gasteiger partial charge in [0.05, 0.1) is 31.3 Å². The van der Waals surface area contributed by atoms with Gasteiger partial charge in [-0.1, -0.05) is 0 Å². The smallest absolute Gasteiger partial charge is 0.417 e. The Hall–Kier alpha value is -2.23. The van der Waals surface area contributed by atoms with Crippen LogP contribution in [-0.2, 0) is 22.1 Å². The Morgan fingerprint density at radius 3 is 2.50 bits per heavy atom. The predicted octanol–water partition coefficient (Wildman–Crippen LogP) is 2.69. The van der Waals surface area contributed by atoms with E-state index in [1.807, 2.05) is 0 Å². The molecule has 0 heterocycles. The number of hydrogen-bond acceptors (Lipinski definition) is 4. The number of methoxy groups -OCH3 is 1. The molecule has 0 saturated carbocycles. The quantitative estimate of drug-likeness (QED) is 0.799. The molecule has 7 heteroatoms. The second kappa shape index (κ2) is 6.28. The maximum atomic E-state index is 12.8. The van der Waals surface area contributed by atoms with E-state index in [-0.39, 0.29) is 17.9 Å². The molecule has 0 aliphatic carbocycles.